The molecule has 0 heterocycles. The second-order valence-electron chi connectivity index (χ2n) is 3.02. The molecule has 0 aromatic rings. The Morgan fingerprint density at radius 2 is 1.93 bits per heavy atom. The van der Waals surface area contributed by atoms with Crippen molar-refractivity contribution >= 4 is 40.4 Å². The smallest absolute Gasteiger partial charge is 0.107 e. The van der Waals surface area contributed by atoms with Crippen LogP contribution in [0.15, 0.2) is 0 Å². The molecule has 0 fully saturated rings. The zero-order chi connectivity index (χ0) is 11.3. The molecule has 5 nitrogen and oxygen atoms in total. The molecule has 0 bridgehead atoms. The summed E-state index contributed by atoms with van der Waals surface area (Å²) in [6, 6.07) is -1.18. The Morgan fingerprint density at radius 3 is 2.27 bits per heavy atom. The van der Waals surface area contributed by atoms with Crippen LogP contribution < -0.4 is 5.32 Å². The first-order chi connectivity index (χ1) is 6.40. The van der Waals surface area contributed by atoms with Gasteiger partial charge >= 0.3 is 93.6 Å². The van der Waals surface area contributed by atoms with Crippen LogP contribution in [-0.2, 0) is 28.9 Å². The van der Waals surface area contributed by atoms with Gasteiger partial charge in [-0.1, -0.05) is 0 Å². The van der Waals surface area contributed by atoms with E-state index in [2.05, 4.69) is 5.32 Å². The summed E-state index contributed by atoms with van der Waals surface area (Å²) in [4.78, 5) is 23.6. The number of nitrogens with one attached hydrogen (secondary N) is 1. The van der Waals surface area contributed by atoms with Crippen LogP contribution in [0.3, 0.4) is 0 Å². The minimum absolute atomic E-state index is 0. The van der Waals surface area contributed by atoms with Crippen LogP contribution in [0.2, 0.25) is 0 Å². The van der Waals surface area contributed by atoms with Crippen molar-refractivity contribution in [2.24, 2.45) is 0 Å². The molecular formula is C8H15IN2O3W. The Balaban J connectivity index is 0. The number of amides is 1. The zero-order valence-corrected chi connectivity index (χ0v) is 14.0. The molecule has 0 aliphatic heterocycles. The van der Waals surface area contributed by atoms with Gasteiger partial charge in [0.2, 0.25) is 0 Å². The second-order valence-corrected chi connectivity index (χ2v) is 3.77. The third kappa shape index (κ3) is 6.37. The first-order valence-corrected chi connectivity index (χ1v) is 5.80. The number of carboxylic acids is 1. The van der Waals surface area contributed by atoms with Gasteiger partial charge in [-0.2, -0.15) is 0 Å². The summed E-state index contributed by atoms with van der Waals surface area (Å²) in [7, 11) is 1.78. The van der Waals surface area contributed by atoms with Gasteiger partial charge in [0.05, 0.1) is 0 Å². The molecule has 2 atom stereocenters. The van der Waals surface area contributed by atoms with E-state index < -0.39 is 12.0 Å². The number of carboxylic acid groups (broad SMARTS) is 1. The fraction of sp³-hybridized carbons (Fsp3) is 0.625. The maximum absolute atomic E-state index is 11.4. The number of rotatable bonds is 5. The molecule has 7 heteroatoms. The summed E-state index contributed by atoms with van der Waals surface area (Å²) >= 11 is 1.24. The Kier molecular flexibility index (Phi) is 9.79. The molecule has 0 aliphatic carbocycles. The standard InChI is InChI=1S/C8H14N2O3.HI.W/c1-5(8(12)13)9-7(11)6(2)10(3)4;;/h3,5-6H,1-2,4H3,(H,9,11)(H,12,13);1H;. The van der Waals surface area contributed by atoms with Gasteiger partial charge in [0, 0.05) is 0 Å². The maximum atomic E-state index is 11.4. The molecule has 0 radical (unpaired) electrons. The zero-order valence-electron chi connectivity index (χ0n) is 8.76. The molecule has 0 saturated heterocycles. The number of carbonyl (C=O) groups excluding carboxylic acids is 1. The number of hydrogen-bond donors (Lipinski definition) is 2. The van der Waals surface area contributed by atoms with Crippen LogP contribution in [0.25, 0.3) is 0 Å². The monoisotopic (exact) mass is 498 g/mol. The minimum Gasteiger partial charge on any atom is -0.107 e. The van der Waals surface area contributed by atoms with E-state index in [1.54, 1.807) is 18.9 Å². The Bertz CT molecular complexity index is 250. The maximum Gasteiger partial charge on any atom is -0.107 e. The summed E-state index contributed by atoms with van der Waals surface area (Å²) in [5.41, 5.74) is 0. The first kappa shape index (κ1) is 17.6. The van der Waals surface area contributed by atoms with E-state index in [1.807, 2.05) is 4.52 Å². The average molecular weight is 498 g/mol. The normalized spacial score (nSPS) is 13.6. The van der Waals surface area contributed by atoms with Crippen molar-refractivity contribution in [2.75, 3.05) is 7.05 Å². The quantitative estimate of drug-likeness (QED) is 0.517. The summed E-state index contributed by atoms with van der Waals surface area (Å²) in [5.74, 6) is -1.31. The van der Waals surface area contributed by atoms with Gasteiger partial charge in [-0.05, 0) is 0 Å². The Morgan fingerprint density at radius 1 is 1.47 bits per heavy atom. The molecule has 2 unspecified atom stereocenters. The van der Waals surface area contributed by atoms with Gasteiger partial charge in [-0.3, -0.25) is 0 Å². The summed E-state index contributed by atoms with van der Waals surface area (Å²) in [5, 5.41) is 11.0. The van der Waals surface area contributed by atoms with Crippen molar-refractivity contribution in [3.05, 3.63) is 0 Å². The minimum atomic E-state index is -1.03. The fourth-order valence-corrected chi connectivity index (χ4v) is 1.33. The summed E-state index contributed by atoms with van der Waals surface area (Å²) in [6.07, 6.45) is 0. The van der Waals surface area contributed by atoms with Crippen molar-refractivity contribution in [3.8, 4) is 0 Å². The summed E-state index contributed by atoms with van der Waals surface area (Å²) in [6.45, 7) is 3.16. The van der Waals surface area contributed by atoms with Crippen molar-refractivity contribution in [3.63, 3.8) is 0 Å². The number of halogens is 1. The van der Waals surface area contributed by atoms with E-state index in [-0.39, 0.29) is 35.9 Å². The van der Waals surface area contributed by atoms with Crippen LogP contribution in [0.1, 0.15) is 13.8 Å². The van der Waals surface area contributed by atoms with Crippen LogP contribution in [0.5, 0.6) is 0 Å². The predicted molar refractivity (Wildman–Crippen MR) is 63.9 cm³/mol. The topological polar surface area (TPSA) is 69.6 Å². The molecule has 1 amide bonds. The fourth-order valence-electron chi connectivity index (χ4n) is 0.672. The molecule has 0 saturated carbocycles. The molecule has 0 rings (SSSR count). The van der Waals surface area contributed by atoms with E-state index in [0.29, 0.717) is 0 Å². The van der Waals surface area contributed by atoms with Crippen molar-refractivity contribution in [1.82, 2.24) is 10.2 Å². The third-order valence-corrected chi connectivity index (χ3v) is 3.08. The van der Waals surface area contributed by atoms with Crippen LogP contribution in [0.4, 0.5) is 0 Å². The number of nitrogens with zero attached hydrogens (tertiary/aromatic N) is 1. The second kappa shape index (κ2) is 8.35. The number of carbonyl (C=O) groups is 2. The van der Waals surface area contributed by atoms with Gasteiger partial charge in [-0.15, -0.1) is 24.0 Å². The van der Waals surface area contributed by atoms with E-state index in [0.717, 1.165) is 0 Å². The van der Waals surface area contributed by atoms with Gasteiger partial charge in [0.25, 0.3) is 0 Å². The van der Waals surface area contributed by atoms with Crippen LogP contribution >= 0.6 is 24.0 Å². The van der Waals surface area contributed by atoms with Crippen LogP contribution in [0, 0.1) is 0 Å². The molecular weight excluding hydrogens is 483 g/mol. The molecule has 0 aliphatic rings. The van der Waals surface area contributed by atoms with Gasteiger partial charge in [0.1, 0.15) is 0 Å². The molecule has 2 N–H and O–H groups in total. The Hall–Kier alpha value is 0.188. The van der Waals surface area contributed by atoms with E-state index in [9.17, 15) is 9.59 Å². The predicted octanol–water partition coefficient (Wildman–Crippen LogP) is -0.179. The number of likely N-dealkylation sites (N-methyl/N-ethyl adjacent to an activating group) is 1. The average Bonchev–Trinajstić information content (AvgIpc) is 2.14. The van der Waals surface area contributed by atoms with Crippen molar-refractivity contribution < 1.29 is 34.0 Å². The van der Waals surface area contributed by atoms with E-state index >= 15 is 0 Å². The van der Waals surface area contributed by atoms with E-state index in [4.69, 9.17) is 5.11 Å². The SMILES string of the molecule is CC(NC(=O)C(C)N(C)[CH]=[W])C(=O)O.I. The molecule has 0 aromatic heterocycles. The van der Waals surface area contributed by atoms with Gasteiger partial charge < -0.3 is 0 Å². The molecule has 0 spiro atoms. The third-order valence-electron chi connectivity index (χ3n) is 1.89. The molecule has 15 heavy (non-hydrogen) atoms. The van der Waals surface area contributed by atoms with Gasteiger partial charge in [-0.25, -0.2) is 0 Å². The van der Waals surface area contributed by atoms with E-state index in [1.165, 1.54) is 26.3 Å². The van der Waals surface area contributed by atoms with Crippen LogP contribution in [-0.4, -0.2) is 45.5 Å². The summed E-state index contributed by atoms with van der Waals surface area (Å²) < 4.78 is 1.84. The number of hydrogen-bond acceptors (Lipinski definition) is 3. The molecule has 88 valence electrons. The van der Waals surface area contributed by atoms with Crippen molar-refractivity contribution in [1.29, 1.82) is 0 Å². The molecule has 0 aromatic carbocycles. The largest absolute Gasteiger partial charge is 0.107 e. The number of aliphatic carboxylic acids is 1. The van der Waals surface area contributed by atoms with Gasteiger partial charge in [0.15, 0.2) is 0 Å². The first-order valence-electron chi connectivity index (χ1n) is 4.10. The Labute approximate surface area is 117 Å². The van der Waals surface area contributed by atoms with Crippen molar-refractivity contribution in [2.45, 2.75) is 25.9 Å².